The summed E-state index contributed by atoms with van der Waals surface area (Å²) in [4.78, 5) is 30.6. The molecule has 0 unspecified atom stereocenters. The molecule has 0 bridgehead atoms. The van der Waals surface area contributed by atoms with Gasteiger partial charge in [0.05, 0.1) is 34.7 Å². The number of alkyl halides is 3. The first-order valence-corrected chi connectivity index (χ1v) is 12.1. The van der Waals surface area contributed by atoms with Gasteiger partial charge in [0, 0.05) is 30.4 Å². The molecule has 4 heterocycles. The third-order valence-electron chi connectivity index (χ3n) is 7.01. The number of aromatic nitrogens is 3. The molecule has 2 aliphatic heterocycles. The minimum absolute atomic E-state index is 0.0375. The predicted octanol–water partition coefficient (Wildman–Crippen LogP) is 4.63. The molecular weight excluding hydrogens is 483 g/mol. The van der Waals surface area contributed by atoms with Crippen molar-refractivity contribution in [2.45, 2.75) is 38.4 Å². The lowest BCUT2D eigenvalue weighted by atomic mass is 10.0. The smallest absolute Gasteiger partial charge is 0.357 e. The molecule has 1 aromatic carbocycles. The summed E-state index contributed by atoms with van der Waals surface area (Å²) in [5.74, 6) is 0.729. The third kappa shape index (κ3) is 5.22. The van der Waals surface area contributed by atoms with Crippen LogP contribution >= 0.6 is 0 Å². The van der Waals surface area contributed by atoms with Crippen LogP contribution in [-0.2, 0) is 17.4 Å². The van der Waals surface area contributed by atoms with Crippen molar-refractivity contribution in [2.75, 3.05) is 42.7 Å². The molecule has 37 heavy (non-hydrogen) atoms. The number of benzene rings is 1. The lowest BCUT2D eigenvalue weighted by molar-refractivity contribution is -0.137. The number of hydrogen-bond acceptors (Lipinski definition) is 7. The van der Waals surface area contributed by atoms with Gasteiger partial charge in [-0.2, -0.15) is 13.2 Å². The lowest BCUT2D eigenvalue weighted by Crippen LogP contribution is -2.42. The minimum atomic E-state index is -4.52. The molecule has 0 aliphatic carbocycles. The fraction of sp³-hybridized carbons (Fsp3) is 0.385. The molecule has 5 rings (SSSR count). The van der Waals surface area contributed by atoms with Crippen LogP contribution in [0.15, 0.2) is 36.5 Å². The standard InChI is InChI=1S/C26H28F3N7O/c1-15-20(6-7-22(31-15)36(3)18-8-10-35(2)11-9-18)33-25-30-14-16-12-23(37)32-21-13-17(26(27,28)29)4-5-19(21)24(16)34-25/h4-7,13-14,18H,8-12H2,1-3H3,(H,32,37)(H,30,33,34). The van der Waals surface area contributed by atoms with E-state index in [1.165, 1.54) is 12.3 Å². The molecular formula is C26H28F3N7O. The van der Waals surface area contributed by atoms with Crippen molar-refractivity contribution in [1.29, 1.82) is 0 Å². The average Bonchev–Trinajstić information content (AvgIpc) is 2.99. The Balaban J connectivity index is 1.41. The fourth-order valence-corrected chi connectivity index (χ4v) is 4.79. The minimum Gasteiger partial charge on any atom is -0.357 e. The van der Waals surface area contributed by atoms with Crippen LogP contribution in [0.4, 0.5) is 36.3 Å². The van der Waals surface area contributed by atoms with Crippen LogP contribution in [0.2, 0.25) is 0 Å². The number of carbonyl (C=O) groups is 1. The maximum absolute atomic E-state index is 13.2. The van der Waals surface area contributed by atoms with E-state index in [-0.39, 0.29) is 18.1 Å². The number of anilines is 4. The first-order chi connectivity index (χ1) is 17.6. The Bertz CT molecular complexity index is 1340. The molecule has 8 nitrogen and oxygen atoms in total. The maximum atomic E-state index is 13.2. The molecule has 2 aliphatic rings. The van der Waals surface area contributed by atoms with E-state index in [1.54, 1.807) is 0 Å². The van der Waals surface area contributed by atoms with E-state index in [0.29, 0.717) is 22.9 Å². The van der Waals surface area contributed by atoms with Crippen molar-refractivity contribution < 1.29 is 18.0 Å². The second-order valence-electron chi connectivity index (χ2n) is 9.62. The van der Waals surface area contributed by atoms with Crippen LogP contribution in [0.3, 0.4) is 0 Å². The number of fused-ring (bicyclic) bond motifs is 3. The zero-order chi connectivity index (χ0) is 26.3. The molecule has 11 heteroatoms. The number of pyridine rings is 1. The summed E-state index contributed by atoms with van der Waals surface area (Å²) in [6.07, 6.45) is -0.863. The number of hydrogen-bond donors (Lipinski definition) is 2. The number of nitrogens with one attached hydrogen (secondary N) is 2. The number of carbonyl (C=O) groups excluding carboxylic acids is 1. The Hall–Kier alpha value is -3.73. The monoisotopic (exact) mass is 511 g/mol. The zero-order valence-electron chi connectivity index (χ0n) is 20.9. The molecule has 0 radical (unpaired) electrons. The molecule has 0 atom stereocenters. The molecule has 0 saturated carbocycles. The van der Waals surface area contributed by atoms with Gasteiger partial charge < -0.3 is 20.4 Å². The summed E-state index contributed by atoms with van der Waals surface area (Å²) in [6, 6.07) is 7.57. The van der Waals surface area contributed by atoms with Gasteiger partial charge in [-0.25, -0.2) is 15.0 Å². The fourth-order valence-electron chi connectivity index (χ4n) is 4.79. The molecule has 2 N–H and O–H groups in total. The van der Waals surface area contributed by atoms with E-state index in [4.69, 9.17) is 4.98 Å². The number of aryl methyl sites for hydroxylation is 1. The molecule has 3 aromatic rings. The van der Waals surface area contributed by atoms with Crippen LogP contribution < -0.4 is 15.5 Å². The quantitative estimate of drug-likeness (QED) is 0.528. The van der Waals surface area contributed by atoms with Crippen molar-refractivity contribution >= 4 is 29.0 Å². The zero-order valence-corrected chi connectivity index (χ0v) is 20.9. The molecule has 194 valence electrons. The summed E-state index contributed by atoms with van der Waals surface area (Å²) >= 11 is 0. The molecule has 1 saturated heterocycles. The van der Waals surface area contributed by atoms with Gasteiger partial charge in [-0.1, -0.05) is 6.07 Å². The van der Waals surface area contributed by atoms with Crippen molar-refractivity contribution in [3.8, 4) is 11.3 Å². The maximum Gasteiger partial charge on any atom is 0.416 e. The lowest BCUT2D eigenvalue weighted by Gasteiger charge is -2.35. The van der Waals surface area contributed by atoms with Gasteiger partial charge in [0.2, 0.25) is 11.9 Å². The van der Waals surface area contributed by atoms with Crippen LogP contribution in [0.1, 0.15) is 29.7 Å². The highest BCUT2D eigenvalue weighted by molar-refractivity contribution is 6.00. The summed E-state index contributed by atoms with van der Waals surface area (Å²) in [5.41, 5.74) is 2.06. The Kier molecular flexibility index (Phi) is 6.49. The van der Waals surface area contributed by atoms with Crippen molar-refractivity contribution in [2.24, 2.45) is 0 Å². The van der Waals surface area contributed by atoms with Gasteiger partial charge in [-0.05, 0) is 64.2 Å². The van der Waals surface area contributed by atoms with Gasteiger partial charge >= 0.3 is 6.18 Å². The van der Waals surface area contributed by atoms with E-state index in [1.807, 2.05) is 19.1 Å². The summed E-state index contributed by atoms with van der Waals surface area (Å²) in [6.45, 7) is 4.02. The highest BCUT2D eigenvalue weighted by atomic mass is 19.4. The van der Waals surface area contributed by atoms with E-state index in [0.717, 1.165) is 55.3 Å². The van der Waals surface area contributed by atoms with Crippen LogP contribution in [0, 0.1) is 6.92 Å². The first kappa shape index (κ1) is 24.9. The number of nitrogens with zero attached hydrogens (tertiary/aromatic N) is 5. The first-order valence-electron chi connectivity index (χ1n) is 12.1. The molecule has 1 fully saturated rings. The summed E-state index contributed by atoms with van der Waals surface area (Å²) in [7, 11) is 4.20. The van der Waals surface area contributed by atoms with Crippen molar-refractivity contribution in [3.05, 3.63) is 53.3 Å². The van der Waals surface area contributed by atoms with Gasteiger partial charge in [-0.15, -0.1) is 0 Å². The highest BCUT2D eigenvalue weighted by Crippen LogP contribution is 2.38. The second-order valence-corrected chi connectivity index (χ2v) is 9.62. The van der Waals surface area contributed by atoms with Gasteiger partial charge in [-0.3, -0.25) is 4.79 Å². The van der Waals surface area contributed by atoms with Crippen LogP contribution in [0.5, 0.6) is 0 Å². The normalized spacial score (nSPS) is 16.4. The third-order valence-corrected chi connectivity index (χ3v) is 7.01. The van der Waals surface area contributed by atoms with Gasteiger partial charge in [0.25, 0.3) is 0 Å². The van der Waals surface area contributed by atoms with Gasteiger partial charge in [0.1, 0.15) is 5.82 Å². The van der Waals surface area contributed by atoms with E-state index in [2.05, 4.69) is 44.5 Å². The van der Waals surface area contributed by atoms with Gasteiger partial charge in [0.15, 0.2) is 0 Å². The Morgan fingerprint density at radius 2 is 1.89 bits per heavy atom. The summed E-state index contributed by atoms with van der Waals surface area (Å²) in [5, 5.41) is 5.74. The molecule has 2 aromatic heterocycles. The highest BCUT2D eigenvalue weighted by Gasteiger charge is 2.32. The van der Waals surface area contributed by atoms with E-state index >= 15 is 0 Å². The largest absolute Gasteiger partial charge is 0.416 e. The molecule has 1 amide bonds. The Labute approximate surface area is 212 Å². The number of rotatable bonds is 4. The number of amides is 1. The summed E-state index contributed by atoms with van der Waals surface area (Å²) < 4.78 is 39.7. The SMILES string of the molecule is Cc1nc(N(C)C2CCN(C)CC2)ccc1Nc1ncc2c(n1)-c1ccc(C(F)(F)F)cc1NC(=O)C2. The van der Waals surface area contributed by atoms with Crippen molar-refractivity contribution in [1.82, 2.24) is 19.9 Å². The Morgan fingerprint density at radius 1 is 1.14 bits per heavy atom. The Morgan fingerprint density at radius 3 is 2.59 bits per heavy atom. The molecule has 0 spiro atoms. The topological polar surface area (TPSA) is 86.3 Å². The number of piperidine rings is 1. The van der Waals surface area contributed by atoms with Crippen LogP contribution in [0.25, 0.3) is 11.3 Å². The second kappa shape index (κ2) is 9.62. The van der Waals surface area contributed by atoms with E-state index < -0.39 is 17.6 Å². The number of likely N-dealkylation sites (tertiary alicyclic amines) is 1. The van der Waals surface area contributed by atoms with Crippen LogP contribution in [-0.4, -0.2) is 59.0 Å². The average molecular weight is 512 g/mol. The van der Waals surface area contributed by atoms with Crippen molar-refractivity contribution in [3.63, 3.8) is 0 Å². The number of halogens is 3. The van der Waals surface area contributed by atoms with E-state index in [9.17, 15) is 18.0 Å². The predicted molar refractivity (Wildman–Crippen MR) is 136 cm³/mol.